The van der Waals surface area contributed by atoms with E-state index >= 15 is 0 Å². The molecule has 3 heteroatoms. The SMILES string of the molecule is C=CC(N)=O.[Br-]. The van der Waals surface area contributed by atoms with Crippen LogP contribution in [0.2, 0.25) is 0 Å². The first-order valence-electron chi connectivity index (χ1n) is 1.19. The average Bonchev–Trinajstić information content (AvgIpc) is 1.38. The van der Waals surface area contributed by atoms with E-state index in [4.69, 9.17) is 0 Å². The second kappa shape index (κ2) is 4.69. The molecule has 2 nitrogen and oxygen atoms in total. The van der Waals surface area contributed by atoms with Gasteiger partial charge in [0.1, 0.15) is 0 Å². The first-order valence-corrected chi connectivity index (χ1v) is 1.19. The largest absolute Gasteiger partial charge is 1.00 e. The second-order valence-electron chi connectivity index (χ2n) is 0.606. The van der Waals surface area contributed by atoms with E-state index in [1.807, 2.05) is 0 Å². The lowest BCUT2D eigenvalue weighted by molar-refractivity contribution is -0.113. The number of carbonyl (C=O) groups excluding carboxylic acids is 1. The maximum absolute atomic E-state index is 9.47. The van der Waals surface area contributed by atoms with Crippen molar-refractivity contribution < 1.29 is 21.8 Å². The molecule has 0 aliphatic heterocycles. The van der Waals surface area contributed by atoms with E-state index in [-0.39, 0.29) is 17.0 Å². The minimum absolute atomic E-state index is 0. The molecule has 0 aromatic carbocycles. The number of rotatable bonds is 1. The van der Waals surface area contributed by atoms with Gasteiger partial charge >= 0.3 is 0 Å². The third-order valence-electron chi connectivity index (χ3n) is 0.201. The Bertz CT molecular complexity index is 61.8. The Labute approximate surface area is 46.8 Å². The van der Waals surface area contributed by atoms with E-state index in [2.05, 4.69) is 12.3 Å². The Morgan fingerprint density at radius 2 is 2.00 bits per heavy atom. The predicted octanol–water partition coefficient (Wildman–Crippen LogP) is -3.34. The predicted molar refractivity (Wildman–Crippen MR) is 19.4 cm³/mol. The molecule has 0 aromatic heterocycles. The molecular weight excluding hydrogens is 146 g/mol. The molecule has 0 rings (SSSR count). The fourth-order valence-corrected chi connectivity index (χ4v) is 0. The van der Waals surface area contributed by atoms with Crippen LogP contribution in [0, 0.1) is 0 Å². The molecule has 1 amide bonds. The first kappa shape index (κ1) is 9.19. The summed E-state index contributed by atoms with van der Waals surface area (Å²) in [6.45, 7) is 3.09. The molecule has 0 aromatic rings. The molecule has 0 saturated carbocycles. The van der Waals surface area contributed by atoms with Crippen LogP contribution in [0.15, 0.2) is 12.7 Å². The molecule has 0 spiro atoms. The summed E-state index contributed by atoms with van der Waals surface area (Å²) in [5.74, 6) is -0.481. The third kappa shape index (κ3) is 9.35. The fourth-order valence-electron chi connectivity index (χ4n) is 0. The average molecular weight is 151 g/mol. The minimum Gasteiger partial charge on any atom is -1.00 e. The lowest BCUT2D eigenvalue weighted by atomic mass is 10.6. The zero-order chi connectivity index (χ0) is 4.28. The van der Waals surface area contributed by atoms with Crippen molar-refractivity contribution in [3.63, 3.8) is 0 Å². The van der Waals surface area contributed by atoms with Crippen LogP contribution in [0.5, 0.6) is 0 Å². The van der Waals surface area contributed by atoms with Crippen molar-refractivity contribution in [2.45, 2.75) is 0 Å². The fraction of sp³-hybridized carbons (Fsp3) is 0. The van der Waals surface area contributed by atoms with Gasteiger partial charge in [0.15, 0.2) is 0 Å². The summed E-state index contributed by atoms with van der Waals surface area (Å²) >= 11 is 0. The highest BCUT2D eigenvalue weighted by molar-refractivity contribution is 5.84. The van der Waals surface area contributed by atoms with Gasteiger partial charge in [-0.25, -0.2) is 0 Å². The van der Waals surface area contributed by atoms with Crippen LogP contribution in [0.1, 0.15) is 0 Å². The summed E-state index contributed by atoms with van der Waals surface area (Å²) in [4.78, 5) is 9.47. The van der Waals surface area contributed by atoms with E-state index < -0.39 is 5.91 Å². The zero-order valence-corrected chi connectivity index (χ0v) is 4.73. The van der Waals surface area contributed by atoms with Crippen molar-refractivity contribution in [2.24, 2.45) is 5.73 Å². The number of carbonyl (C=O) groups is 1. The van der Waals surface area contributed by atoms with Crippen LogP contribution in [-0.4, -0.2) is 5.91 Å². The van der Waals surface area contributed by atoms with Gasteiger partial charge in [0.05, 0.1) is 0 Å². The van der Waals surface area contributed by atoms with Gasteiger partial charge in [-0.05, 0) is 6.08 Å². The Morgan fingerprint density at radius 3 is 2.00 bits per heavy atom. The molecule has 6 heavy (non-hydrogen) atoms. The van der Waals surface area contributed by atoms with Crippen molar-refractivity contribution in [1.82, 2.24) is 0 Å². The van der Waals surface area contributed by atoms with Gasteiger partial charge in [-0.2, -0.15) is 0 Å². The van der Waals surface area contributed by atoms with Gasteiger partial charge in [-0.15, -0.1) is 0 Å². The van der Waals surface area contributed by atoms with Crippen molar-refractivity contribution in [3.05, 3.63) is 12.7 Å². The molecule has 0 aliphatic carbocycles. The summed E-state index contributed by atoms with van der Waals surface area (Å²) in [7, 11) is 0. The van der Waals surface area contributed by atoms with Gasteiger partial charge in [0.25, 0.3) is 0 Å². The molecule has 0 aliphatic rings. The Balaban J connectivity index is 0. The van der Waals surface area contributed by atoms with Crippen LogP contribution in [-0.2, 0) is 4.79 Å². The first-order chi connectivity index (χ1) is 2.27. The summed E-state index contributed by atoms with van der Waals surface area (Å²) in [5.41, 5.74) is 4.53. The number of hydrogen-bond acceptors (Lipinski definition) is 1. The Kier molecular flexibility index (Phi) is 7.19. The number of halogens is 1. The number of nitrogens with two attached hydrogens (primary N) is 1. The van der Waals surface area contributed by atoms with Gasteiger partial charge < -0.3 is 22.7 Å². The van der Waals surface area contributed by atoms with Gasteiger partial charge in [0, 0.05) is 0 Å². The van der Waals surface area contributed by atoms with Gasteiger partial charge in [-0.3, -0.25) is 4.79 Å². The molecule has 2 N–H and O–H groups in total. The molecule has 0 radical (unpaired) electrons. The van der Waals surface area contributed by atoms with Gasteiger partial charge in [-0.1, -0.05) is 6.58 Å². The molecule has 0 heterocycles. The normalized spacial score (nSPS) is 5.33. The van der Waals surface area contributed by atoms with E-state index in [1.165, 1.54) is 0 Å². The molecule has 0 atom stereocenters. The molecular formula is C3H5BrNO-. The van der Waals surface area contributed by atoms with Crippen molar-refractivity contribution in [1.29, 1.82) is 0 Å². The lowest BCUT2D eigenvalue weighted by Gasteiger charge is -1.65. The molecule has 36 valence electrons. The van der Waals surface area contributed by atoms with Crippen LogP contribution < -0.4 is 22.7 Å². The Hall–Kier alpha value is -0.310. The van der Waals surface area contributed by atoms with E-state index in [0.29, 0.717) is 0 Å². The van der Waals surface area contributed by atoms with Gasteiger partial charge in [0.2, 0.25) is 5.91 Å². The monoisotopic (exact) mass is 150 g/mol. The minimum atomic E-state index is -0.481. The number of primary amides is 1. The maximum Gasteiger partial charge on any atom is 0.240 e. The summed E-state index contributed by atoms with van der Waals surface area (Å²) in [5, 5.41) is 0. The highest BCUT2D eigenvalue weighted by Crippen LogP contribution is 1.48. The molecule has 0 unspecified atom stereocenters. The highest BCUT2D eigenvalue weighted by atomic mass is 79.9. The van der Waals surface area contributed by atoms with Crippen molar-refractivity contribution in [2.75, 3.05) is 0 Å². The molecule has 0 bridgehead atoms. The van der Waals surface area contributed by atoms with Crippen LogP contribution >= 0.6 is 0 Å². The molecule has 0 fully saturated rings. The second-order valence-corrected chi connectivity index (χ2v) is 0.606. The van der Waals surface area contributed by atoms with E-state index in [9.17, 15) is 4.79 Å². The van der Waals surface area contributed by atoms with Crippen LogP contribution in [0.4, 0.5) is 0 Å². The van der Waals surface area contributed by atoms with Crippen molar-refractivity contribution in [3.8, 4) is 0 Å². The van der Waals surface area contributed by atoms with E-state index in [1.54, 1.807) is 0 Å². The maximum atomic E-state index is 9.47. The number of hydrogen-bond donors (Lipinski definition) is 1. The topological polar surface area (TPSA) is 43.1 Å². The smallest absolute Gasteiger partial charge is 0.240 e. The standard InChI is InChI=1S/C3H5NO.BrH/c1-2-3(4)5;/h2H,1H2,(H2,4,5);1H/p-1. The quantitative estimate of drug-likeness (QED) is 0.391. The summed E-state index contributed by atoms with van der Waals surface area (Å²) in [6, 6.07) is 0. The van der Waals surface area contributed by atoms with E-state index in [0.717, 1.165) is 6.08 Å². The summed E-state index contributed by atoms with van der Waals surface area (Å²) < 4.78 is 0. The van der Waals surface area contributed by atoms with Crippen LogP contribution in [0.3, 0.4) is 0 Å². The van der Waals surface area contributed by atoms with Crippen LogP contribution in [0.25, 0.3) is 0 Å². The third-order valence-corrected chi connectivity index (χ3v) is 0.201. The number of amides is 1. The summed E-state index contributed by atoms with van der Waals surface area (Å²) in [6.07, 6.45) is 1.06. The lowest BCUT2D eigenvalue weighted by Crippen LogP contribution is -3.00. The zero-order valence-electron chi connectivity index (χ0n) is 3.15. The molecule has 0 saturated heterocycles. The highest BCUT2D eigenvalue weighted by Gasteiger charge is 1.69. The van der Waals surface area contributed by atoms with Crippen molar-refractivity contribution >= 4 is 5.91 Å². The Morgan fingerprint density at radius 1 is 1.83 bits per heavy atom.